The summed E-state index contributed by atoms with van der Waals surface area (Å²) in [5.41, 5.74) is 4.13. The molecule has 1 atom stereocenters. The summed E-state index contributed by atoms with van der Waals surface area (Å²) in [5, 5.41) is 22.1. The number of aryl methyl sites for hydroxylation is 1. The molecule has 3 aromatic rings. The van der Waals surface area contributed by atoms with E-state index in [2.05, 4.69) is 5.32 Å². The van der Waals surface area contributed by atoms with E-state index in [1.165, 1.54) is 0 Å². The van der Waals surface area contributed by atoms with Crippen molar-refractivity contribution in [3.05, 3.63) is 94.5 Å². The van der Waals surface area contributed by atoms with E-state index in [0.717, 1.165) is 33.5 Å². The second-order valence-electron chi connectivity index (χ2n) is 6.60. The van der Waals surface area contributed by atoms with Crippen LogP contribution in [0.5, 0.6) is 5.75 Å². The maximum absolute atomic E-state index is 13.3. The number of anilines is 1. The van der Waals surface area contributed by atoms with Crippen molar-refractivity contribution in [3.8, 4) is 5.75 Å². The van der Waals surface area contributed by atoms with Crippen LogP contribution in [0.15, 0.2) is 66.7 Å². The molecule has 4 heteroatoms. The lowest BCUT2D eigenvalue weighted by Gasteiger charge is -2.29. The Morgan fingerprint density at radius 3 is 2.15 bits per heavy atom. The minimum Gasteiger partial charge on any atom is -0.508 e. The van der Waals surface area contributed by atoms with E-state index in [1.807, 2.05) is 49.4 Å². The predicted molar refractivity (Wildman–Crippen MR) is 100 cm³/mol. The molecule has 4 rings (SSSR count). The molecule has 1 amide bonds. The number of benzene rings is 3. The van der Waals surface area contributed by atoms with Crippen molar-refractivity contribution in [2.45, 2.75) is 18.9 Å². The zero-order valence-corrected chi connectivity index (χ0v) is 14.4. The van der Waals surface area contributed by atoms with Gasteiger partial charge in [-0.2, -0.15) is 0 Å². The standard InChI is InChI=1S/C22H19NO3/c1-14-3-2-4-19-20(14)23-21(26)22(19,17-9-11-18(25)12-10-17)16-7-5-15(13-24)6-8-16/h2-12,24-25H,13H2,1H3,(H,23,26)/t22-/m1/s1. The van der Waals surface area contributed by atoms with Gasteiger partial charge < -0.3 is 15.5 Å². The Hall–Kier alpha value is -3.11. The number of hydrogen-bond acceptors (Lipinski definition) is 3. The first-order chi connectivity index (χ1) is 12.6. The third kappa shape index (κ3) is 2.23. The smallest absolute Gasteiger partial charge is 0.244 e. The molecule has 0 unspecified atom stereocenters. The summed E-state index contributed by atoms with van der Waals surface area (Å²) in [7, 11) is 0. The molecule has 1 aliphatic heterocycles. The largest absolute Gasteiger partial charge is 0.508 e. The van der Waals surface area contributed by atoms with Crippen LogP contribution in [0.3, 0.4) is 0 Å². The van der Waals surface area contributed by atoms with Crippen LogP contribution in [0.2, 0.25) is 0 Å². The summed E-state index contributed by atoms with van der Waals surface area (Å²) >= 11 is 0. The van der Waals surface area contributed by atoms with Crippen molar-refractivity contribution in [3.63, 3.8) is 0 Å². The van der Waals surface area contributed by atoms with Gasteiger partial charge in [0, 0.05) is 11.3 Å². The van der Waals surface area contributed by atoms with Gasteiger partial charge in [0.25, 0.3) is 0 Å². The predicted octanol–water partition coefficient (Wildman–Crippen LogP) is 3.48. The number of carbonyl (C=O) groups excluding carboxylic acids is 1. The quantitative estimate of drug-likeness (QED) is 0.681. The molecule has 3 aromatic carbocycles. The van der Waals surface area contributed by atoms with Crippen LogP contribution in [-0.4, -0.2) is 16.1 Å². The van der Waals surface area contributed by atoms with Gasteiger partial charge in [-0.05, 0) is 41.3 Å². The molecule has 0 saturated carbocycles. The van der Waals surface area contributed by atoms with Crippen LogP contribution in [0.25, 0.3) is 0 Å². The van der Waals surface area contributed by atoms with Gasteiger partial charge >= 0.3 is 0 Å². The molecule has 1 heterocycles. The first-order valence-corrected chi connectivity index (χ1v) is 8.48. The van der Waals surface area contributed by atoms with Gasteiger partial charge in [-0.15, -0.1) is 0 Å². The third-order valence-electron chi connectivity index (χ3n) is 5.13. The molecule has 0 aliphatic carbocycles. The van der Waals surface area contributed by atoms with Crippen LogP contribution in [-0.2, 0) is 16.8 Å². The SMILES string of the molecule is Cc1cccc2c1NC(=O)[C@@]2(c1ccc(O)cc1)c1ccc(CO)cc1. The first kappa shape index (κ1) is 16.4. The number of hydrogen-bond donors (Lipinski definition) is 3. The average Bonchev–Trinajstić information content (AvgIpc) is 2.97. The Morgan fingerprint density at radius 1 is 0.923 bits per heavy atom. The van der Waals surface area contributed by atoms with Gasteiger partial charge in [0.05, 0.1) is 6.61 Å². The Labute approximate surface area is 151 Å². The van der Waals surface area contributed by atoms with E-state index in [1.54, 1.807) is 24.3 Å². The molecule has 0 spiro atoms. The summed E-state index contributed by atoms with van der Waals surface area (Å²) < 4.78 is 0. The van der Waals surface area contributed by atoms with Crippen molar-refractivity contribution >= 4 is 11.6 Å². The summed E-state index contributed by atoms with van der Waals surface area (Å²) in [6.45, 7) is 1.93. The van der Waals surface area contributed by atoms with Crippen LogP contribution in [0.1, 0.15) is 27.8 Å². The Kier molecular flexibility index (Phi) is 3.78. The number of aliphatic hydroxyl groups excluding tert-OH is 1. The molecular weight excluding hydrogens is 326 g/mol. The fourth-order valence-electron chi connectivity index (χ4n) is 3.79. The van der Waals surface area contributed by atoms with Crippen molar-refractivity contribution < 1.29 is 15.0 Å². The van der Waals surface area contributed by atoms with E-state index < -0.39 is 5.41 Å². The molecular formula is C22H19NO3. The summed E-state index contributed by atoms with van der Waals surface area (Å²) in [4.78, 5) is 13.3. The highest BCUT2D eigenvalue weighted by Crippen LogP contribution is 2.48. The fraction of sp³-hybridized carbons (Fsp3) is 0.136. The number of fused-ring (bicyclic) bond motifs is 1. The van der Waals surface area contributed by atoms with Gasteiger partial charge in [0.2, 0.25) is 5.91 Å². The minimum atomic E-state index is -0.997. The van der Waals surface area contributed by atoms with Crippen molar-refractivity contribution in [2.24, 2.45) is 0 Å². The van der Waals surface area contributed by atoms with E-state index in [9.17, 15) is 15.0 Å². The molecule has 0 radical (unpaired) electrons. The van der Waals surface area contributed by atoms with Crippen LogP contribution in [0, 0.1) is 6.92 Å². The molecule has 0 bridgehead atoms. The highest BCUT2D eigenvalue weighted by Gasteiger charge is 2.50. The van der Waals surface area contributed by atoms with Crippen LogP contribution < -0.4 is 5.32 Å². The molecule has 1 aliphatic rings. The number of aliphatic hydroxyl groups is 1. The maximum atomic E-state index is 13.3. The zero-order valence-electron chi connectivity index (χ0n) is 14.4. The fourth-order valence-corrected chi connectivity index (χ4v) is 3.79. The van der Waals surface area contributed by atoms with E-state index in [-0.39, 0.29) is 18.3 Å². The molecule has 3 N–H and O–H groups in total. The Morgan fingerprint density at radius 2 is 1.54 bits per heavy atom. The molecule has 26 heavy (non-hydrogen) atoms. The highest BCUT2D eigenvalue weighted by molar-refractivity contribution is 6.12. The minimum absolute atomic E-state index is 0.0472. The summed E-state index contributed by atoms with van der Waals surface area (Å²) in [6, 6.07) is 20.1. The number of nitrogens with one attached hydrogen (secondary N) is 1. The zero-order chi connectivity index (χ0) is 18.3. The van der Waals surface area contributed by atoms with E-state index in [0.29, 0.717) is 0 Å². The van der Waals surface area contributed by atoms with Gasteiger partial charge in [-0.3, -0.25) is 4.79 Å². The van der Waals surface area contributed by atoms with Crippen LogP contribution >= 0.6 is 0 Å². The number of amides is 1. The van der Waals surface area contributed by atoms with Crippen molar-refractivity contribution in [2.75, 3.05) is 5.32 Å². The molecule has 130 valence electrons. The topological polar surface area (TPSA) is 69.6 Å². The average molecular weight is 345 g/mol. The lowest BCUT2D eigenvalue weighted by Crippen LogP contribution is -2.37. The highest BCUT2D eigenvalue weighted by atomic mass is 16.3. The van der Waals surface area contributed by atoms with Gasteiger partial charge in [-0.25, -0.2) is 0 Å². The normalized spacial score (nSPS) is 18.5. The molecule has 0 saturated heterocycles. The van der Waals surface area contributed by atoms with Crippen molar-refractivity contribution in [1.82, 2.24) is 0 Å². The lowest BCUT2D eigenvalue weighted by atomic mass is 9.70. The second-order valence-corrected chi connectivity index (χ2v) is 6.60. The second kappa shape index (κ2) is 6.00. The third-order valence-corrected chi connectivity index (χ3v) is 5.13. The molecule has 0 aromatic heterocycles. The lowest BCUT2D eigenvalue weighted by molar-refractivity contribution is -0.118. The number of carbonyl (C=O) groups is 1. The number of phenols is 1. The van der Waals surface area contributed by atoms with E-state index in [4.69, 9.17) is 0 Å². The Bertz CT molecular complexity index is 977. The molecule has 4 nitrogen and oxygen atoms in total. The van der Waals surface area contributed by atoms with Crippen LogP contribution in [0.4, 0.5) is 5.69 Å². The summed E-state index contributed by atoms with van der Waals surface area (Å²) in [5.74, 6) is 0.0339. The summed E-state index contributed by atoms with van der Waals surface area (Å²) in [6.07, 6.45) is 0. The van der Waals surface area contributed by atoms with Gasteiger partial charge in [0.15, 0.2) is 0 Å². The number of phenolic OH excluding ortho intramolecular Hbond substituents is 1. The van der Waals surface area contributed by atoms with Gasteiger partial charge in [-0.1, -0.05) is 54.6 Å². The van der Waals surface area contributed by atoms with Gasteiger partial charge in [0.1, 0.15) is 11.2 Å². The maximum Gasteiger partial charge on any atom is 0.244 e. The van der Waals surface area contributed by atoms with Crippen molar-refractivity contribution in [1.29, 1.82) is 0 Å². The monoisotopic (exact) mass is 345 g/mol. The first-order valence-electron chi connectivity index (χ1n) is 8.48. The number of rotatable bonds is 3. The molecule has 0 fully saturated rings. The number of aromatic hydroxyl groups is 1. The Balaban J connectivity index is 2.04. The number of para-hydroxylation sites is 1. The van der Waals surface area contributed by atoms with E-state index >= 15 is 0 Å².